The predicted octanol–water partition coefficient (Wildman–Crippen LogP) is 2.85. The van der Waals surface area contributed by atoms with Crippen LogP contribution in [0.3, 0.4) is 0 Å². The van der Waals surface area contributed by atoms with Gasteiger partial charge in [-0.05, 0) is 52.9 Å². The molecular weight excluding hydrogens is 315 g/mol. The Morgan fingerprint density at radius 3 is 2.88 bits per heavy atom. The van der Waals surface area contributed by atoms with Crippen LogP contribution in [0.15, 0.2) is 42.6 Å². The molecule has 0 aliphatic carbocycles. The first-order valence-corrected chi connectivity index (χ1v) is 5.91. The van der Waals surface area contributed by atoms with Crippen molar-refractivity contribution in [1.29, 1.82) is 0 Å². The molecule has 1 aromatic heterocycles. The summed E-state index contributed by atoms with van der Waals surface area (Å²) in [5.74, 6) is 0.844. The van der Waals surface area contributed by atoms with Crippen LogP contribution in [0.1, 0.15) is 5.69 Å². The van der Waals surface area contributed by atoms with Crippen LogP contribution in [0.2, 0.25) is 0 Å². The molecule has 2 rings (SSSR count). The summed E-state index contributed by atoms with van der Waals surface area (Å²) in [4.78, 5) is 4.17. The van der Waals surface area contributed by atoms with Gasteiger partial charge in [-0.15, -0.1) is 0 Å². The van der Waals surface area contributed by atoms with Crippen LogP contribution in [-0.2, 0) is 6.61 Å². The van der Waals surface area contributed by atoms with Gasteiger partial charge in [0, 0.05) is 15.5 Å². The molecule has 0 bridgehead atoms. The fourth-order valence-electron chi connectivity index (χ4n) is 1.29. The van der Waals surface area contributed by atoms with Crippen molar-refractivity contribution in [3.05, 3.63) is 51.9 Å². The van der Waals surface area contributed by atoms with E-state index in [0.29, 0.717) is 12.3 Å². The molecule has 2 aromatic rings. The average Bonchev–Trinajstić information content (AvgIpc) is 2.27. The number of anilines is 1. The third-order valence-corrected chi connectivity index (χ3v) is 2.69. The Kier molecular flexibility index (Phi) is 3.61. The van der Waals surface area contributed by atoms with Gasteiger partial charge in [-0.25, -0.2) is 0 Å². The van der Waals surface area contributed by atoms with E-state index in [2.05, 4.69) is 27.6 Å². The highest BCUT2D eigenvalue weighted by atomic mass is 127. The molecule has 0 spiro atoms. The standard InChI is InChI=1S/C12H11IN2O/c13-9-2-1-3-12(6-9)16-8-11-7-10(14)4-5-15-11/h1-7H,8H2,(H2,14,15). The maximum Gasteiger partial charge on any atom is 0.130 e. The largest absolute Gasteiger partial charge is 0.487 e. The Labute approximate surface area is 108 Å². The molecule has 0 aliphatic heterocycles. The lowest BCUT2D eigenvalue weighted by Gasteiger charge is -2.06. The van der Waals surface area contributed by atoms with Gasteiger partial charge in [0.15, 0.2) is 0 Å². The summed E-state index contributed by atoms with van der Waals surface area (Å²) in [6, 6.07) is 11.5. The van der Waals surface area contributed by atoms with Crippen LogP contribution < -0.4 is 10.5 Å². The van der Waals surface area contributed by atoms with E-state index in [1.807, 2.05) is 30.3 Å². The molecular formula is C12H11IN2O. The molecule has 16 heavy (non-hydrogen) atoms. The van der Waals surface area contributed by atoms with Gasteiger partial charge in [-0.1, -0.05) is 6.07 Å². The van der Waals surface area contributed by atoms with Gasteiger partial charge in [0.05, 0.1) is 5.69 Å². The Balaban J connectivity index is 2.02. The highest BCUT2D eigenvalue weighted by Gasteiger charge is 1.98. The van der Waals surface area contributed by atoms with E-state index in [4.69, 9.17) is 10.5 Å². The summed E-state index contributed by atoms with van der Waals surface area (Å²) >= 11 is 2.25. The maximum atomic E-state index is 5.65. The lowest BCUT2D eigenvalue weighted by molar-refractivity contribution is 0.301. The normalized spacial score (nSPS) is 10.1. The van der Waals surface area contributed by atoms with Crippen LogP contribution in [0, 0.1) is 3.57 Å². The van der Waals surface area contributed by atoms with Crippen LogP contribution in [-0.4, -0.2) is 4.98 Å². The summed E-state index contributed by atoms with van der Waals surface area (Å²) in [7, 11) is 0. The van der Waals surface area contributed by atoms with E-state index in [9.17, 15) is 0 Å². The van der Waals surface area contributed by atoms with Crippen molar-refractivity contribution in [3.63, 3.8) is 0 Å². The Morgan fingerprint density at radius 1 is 1.25 bits per heavy atom. The molecule has 0 unspecified atom stereocenters. The van der Waals surface area contributed by atoms with Gasteiger partial charge in [0.25, 0.3) is 0 Å². The summed E-state index contributed by atoms with van der Waals surface area (Å²) in [6.45, 7) is 0.436. The van der Waals surface area contributed by atoms with E-state index in [1.54, 1.807) is 12.3 Å². The molecule has 2 N–H and O–H groups in total. The highest BCUT2D eigenvalue weighted by molar-refractivity contribution is 14.1. The quantitative estimate of drug-likeness (QED) is 0.883. The van der Waals surface area contributed by atoms with Crippen LogP contribution in [0.5, 0.6) is 5.75 Å². The molecule has 0 saturated heterocycles. The molecule has 0 aliphatic rings. The number of rotatable bonds is 3. The number of benzene rings is 1. The van der Waals surface area contributed by atoms with Crippen molar-refractivity contribution in [1.82, 2.24) is 4.98 Å². The first-order valence-electron chi connectivity index (χ1n) is 4.83. The zero-order valence-corrected chi connectivity index (χ0v) is 10.7. The van der Waals surface area contributed by atoms with Gasteiger partial charge < -0.3 is 10.5 Å². The van der Waals surface area contributed by atoms with Gasteiger partial charge in [-0.2, -0.15) is 0 Å². The molecule has 0 atom stereocenters. The number of aromatic nitrogens is 1. The Hall–Kier alpha value is -1.30. The van der Waals surface area contributed by atoms with E-state index < -0.39 is 0 Å². The van der Waals surface area contributed by atoms with Gasteiger partial charge in [-0.3, -0.25) is 4.98 Å². The van der Waals surface area contributed by atoms with Gasteiger partial charge >= 0.3 is 0 Å². The second-order valence-corrected chi connectivity index (χ2v) is 4.57. The van der Waals surface area contributed by atoms with E-state index in [1.165, 1.54) is 0 Å². The van der Waals surface area contributed by atoms with Gasteiger partial charge in [0.1, 0.15) is 12.4 Å². The number of nitrogens with two attached hydrogens (primary N) is 1. The molecule has 82 valence electrons. The monoisotopic (exact) mass is 326 g/mol. The first-order chi connectivity index (χ1) is 7.74. The number of hydrogen-bond acceptors (Lipinski definition) is 3. The molecule has 0 fully saturated rings. The lowest BCUT2D eigenvalue weighted by Crippen LogP contribution is -1.99. The van der Waals surface area contributed by atoms with Crippen LogP contribution in [0.25, 0.3) is 0 Å². The van der Waals surface area contributed by atoms with E-state index in [0.717, 1.165) is 15.0 Å². The minimum absolute atomic E-state index is 0.436. The number of pyridine rings is 1. The zero-order valence-electron chi connectivity index (χ0n) is 8.56. The summed E-state index contributed by atoms with van der Waals surface area (Å²) < 4.78 is 6.75. The zero-order chi connectivity index (χ0) is 11.4. The molecule has 1 aromatic carbocycles. The van der Waals surface area contributed by atoms with E-state index in [-0.39, 0.29) is 0 Å². The van der Waals surface area contributed by atoms with Crippen molar-refractivity contribution in [2.75, 3.05) is 5.73 Å². The molecule has 0 amide bonds. The first kappa shape index (κ1) is 11.2. The summed E-state index contributed by atoms with van der Waals surface area (Å²) in [6.07, 6.45) is 1.68. The van der Waals surface area contributed by atoms with Crippen molar-refractivity contribution >= 4 is 28.3 Å². The minimum atomic E-state index is 0.436. The topological polar surface area (TPSA) is 48.1 Å². The number of hydrogen-bond donors (Lipinski definition) is 1. The fourth-order valence-corrected chi connectivity index (χ4v) is 1.80. The molecule has 1 heterocycles. The highest BCUT2D eigenvalue weighted by Crippen LogP contribution is 2.16. The third-order valence-electron chi connectivity index (χ3n) is 2.02. The van der Waals surface area contributed by atoms with Crippen LogP contribution >= 0.6 is 22.6 Å². The van der Waals surface area contributed by atoms with Crippen molar-refractivity contribution in [2.24, 2.45) is 0 Å². The number of halogens is 1. The number of nitrogen functional groups attached to an aromatic ring is 1. The smallest absolute Gasteiger partial charge is 0.130 e. The average molecular weight is 326 g/mol. The second-order valence-electron chi connectivity index (χ2n) is 3.33. The molecule has 4 heteroatoms. The fraction of sp³-hybridized carbons (Fsp3) is 0.0833. The number of nitrogens with zero attached hydrogens (tertiary/aromatic N) is 1. The molecule has 0 radical (unpaired) electrons. The third kappa shape index (κ3) is 3.10. The van der Waals surface area contributed by atoms with Crippen molar-refractivity contribution in [3.8, 4) is 5.75 Å². The molecule has 3 nitrogen and oxygen atoms in total. The molecule has 0 saturated carbocycles. The maximum absolute atomic E-state index is 5.65. The van der Waals surface area contributed by atoms with Gasteiger partial charge in [0.2, 0.25) is 0 Å². The van der Waals surface area contributed by atoms with Crippen LogP contribution in [0.4, 0.5) is 5.69 Å². The Morgan fingerprint density at radius 2 is 2.12 bits per heavy atom. The number of ether oxygens (including phenoxy) is 1. The second kappa shape index (κ2) is 5.16. The predicted molar refractivity (Wildman–Crippen MR) is 72.1 cm³/mol. The Bertz CT molecular complexity index is 442. The van der Waals surface area contributed by atoms with Crippen molar-refractivity contribution in [2.45, 2.75) is 6.61 Å². The SMILES string of the molecule is Nc1ccnc(COc2cccc(I)c2)c1. The minimum Gasteiger partial charge on any atom is -0.487 e. The lowest BCUT2D eigenvalue weighted by atomic mass is 10.3. The van der Waals surface area contributed by atoms with E-state index >= 15 is 0 Å². The summed E-state index contributed by atoms with van der Waals surface area (Å²) in [5.41, 5.74) is 7.19. The van der Waals surface area contributed by atoms with Crippen molar-refractivity contribution < 1.29 is 4.74 Å². The summed E-state index contributed by atoms with van der Waals surface area (Å²) in [5, 5.41) is 0.